The van der Waals surface area contributed by atoms with Gasteiger partial charge in [0.25, 0.3) is 0 Å². The van der Waals surface area contributed by atoms with Crippen LogP contribution in [0.25, 0.3) is 0 Å². The van der Waals surface area contributed by atoms with E-state index in [1.54, 1.807) is 6.26 Å². The van der Waals surface area contributed by atoms with E-state index in [1.807, 2.05) is 12.1 Å². The first-order valence-corrected chi connectivity index (χ1v) is 7.91. The van der Waals surface area contributed by atoms with Crippen molar-refractivity contribution in [2.24, 2.45) is 0 Å². The Balaban J connectivity index is 1.57. The molecule has 2 aromatic rings. The average Bonchev–Trinajstić information content (AvgIpc) is 3.24. The molecule has 6 heteroatoms. The number of rotatable bonds is 5. The van der Waals surface area contributed by atoms with Crippen molar-refractivity contribution in [1.29, 1.82) is 0 Å². The number of nitrogens with one attached hydrogen (secondary N) is 3. The lowest BCUT2D eigenvalue weighted by Crippen LogP contribution is -3.11. The predicted molar refractivity (Wildman–Crippen MR) is 84.8 cm³/mol. The summed E-state index contributed by atoms with van der Waals surface area (Å²) in [6.07, 6.45) is 4.07. The first kappa shape index (κ1) is 15.6. The first-order valence-electron chi connectivity index (χ1n) is 7.91. The quantitative estimate of drug-likeness (QED) is 0.789. The Kier molecular flexibility index (Phi) is 4.92. The van der Waals surface area contributed by atoms with E-state index in [1.165, 1.54) is 42.0 Å². The van der Waals surface area contributed by atoms with Crippen LogP contribution in [0.2, 0.25) is 0 Å². The lowest BCUT2D eigenvalue weighted by molar-refractivity contribution is -0.919. The molecule has 0 spiro atoms. The van der Waals surface area contributed by atoms with E-state index in [0.717, 1.165) is 18.8 Å². The number of urea groups is 1. The second-order valence-electron chi connectivity index (χ2n) is 5.78. The number of hydrogen-bond donors (Lipinski definition) is 3. The fourth-order valence-electron chi connectivity index (χ4n) is 3.02. The van der Waals surface area contributed by atoms with Gasteiger partial charge in [-0.1, -0.05) is 0 Å². The van der Waals surface area contributed by atoms with Crippen LogP contribution in [0.5, 0.6) is 0 Å². The largest absolute Gasteiger partial charge is 0.463 e. The van der Waals surface area contributed by atoms with E-state index in [2.05, 4.69) is 10.6 Å². The van der Waals surface area contributed by atoms with Crippen LogP contribution in [0.1, 0.15) is 24.6 Å². The van der Waals surface area contributed by atoms with Crippen molar-refractivity contribution < 1.29 is 18.5 Å². The highest BCUT2D eigenvalue weighted by Crippen LogP contribution is 2.12. The highest BCUT2D eigenvalue weighted by molar-refractivity contribution is 5.89. The van der Waals surface area contributed by atoms with E-state index in [4.69, 9.17) is 4.42 Å². The third-order valence-electron chi connectivity index (χ3n) is 4.19. The molecule has 0 saturated carbocycles. The van der Waals surface area contributed by atoms with Gasteiger partial charge in [0.15, 0.2) is 11.8 Å². The monoisotopic (exact) mass is 318 g/mol. The highest BCUT2D eigenvalue weighted by atomic mass is 19.1. The minimum Gasteiger partial charge on any atom is -0.463 e. The smallest absolute Gasteiger partial charge is 0.319 e. The van der Waals surface area contributed by atoms with Gasteiger partial charge in [-0.15, -0.1) is 0 Å². The molecule has 1 aliphatic heterocycles. The minimum absolute atomic E-state index is 0.117. The summed E-state index contributed by atoms with van der Waals surface area (Å²) in [6, 6.07) is 9.34. The molecule has 1 aromatic carbocycles. The number of furan rings is 1. The molecule has 0 unspecified atom stereocenters. The summed E-state index contributed by atoms with van der Waals surface area (Å²) in [6.45, 7) is 2.68. The van der Waals surface area contributed by atoms with Gasteiger partial charge in [0.1, 0.15) is 5.82 Å². The summed E-state index contributed by atoms with van der Waals surface area (Å²) >= 11 is 0. The number of benzene rings is 1. The van der Waals surface area contributed by atoms with Crippen molar-refractivity contribution in [3.63, 3.8) is 0 Å². The summed E-state index contributed by atoms with van der Waals surface area (Å²) in [4.78, 5) is 13.5. The van der Waals surface area contributed by atoms with Gasteiger partial charge in [0.2, 0.25) is 0 Å². The normalized spacial score (nSPS) is 16.2. The van der Waals surface area contributed by atoms with Gasteiger partial charge in [-0.2, -0.15) is 0 Å². The van der Waals surface area contributed by atoms with Crippen LogP contribution in [0.4, 0.5) is 14.9 Å². The number of carbonyl (C=O) groups excluding carboxylic acids is 1. The van der Waals surface area contributed by atoms with Crippen molar-refractivity contribution in [3.05, 3.63) is 54.2 Å². The Hall–Kier alpha value is -2.34. The molecule has 2 amide bonds. The predicted octanol–water partition coefficient (Wildman–Crippen LogP) is 1.96. The third kappa shape index (κ3) is 4.10. The van der Waals surface area contributed by atoms with Crippen LogP contribution in [-0.4, -0.2) is 25.7 Å². The van der Waals surface area contributed by atoms with Crippen LogP contribution in [0, 0.1) is 5.82 Å². The lowest BCUT2D eigenvalue weighted by atomic mass is 10.2. The average molecular weight is 318 g/mol. The van der Waals surface area contributed by atoms with Gasteiger partial charge in [-0.25, -0.2) is 9.18 Å². The molecule has 5 nitrogen and oxygen atoms in total. The lowest BCUT2D eigenvalue weighted by Gasteiger charge is -2.23. The maximum absolute atomic E-state index is 12.9. The van der Waals surface area contributed by atoms with E-state index >= 15 is 0 Å². The zero-order chi connectivity index (χ0) is 16.1. The molecule has 3 N–H and O–H groups in total. The summed E-state index contributed by atoms with van der Waals surface area (Å²) in [5, 5.41) is 5.59. The molecule has 23 heavy (non-hydrogen) atoms. The van der Waals surface area contributed by atoms with Crippen molar-refractivity contribution in [1.82, 2.24) is 5.32 Å². The molecule has 0 radical (unpaired) electrons. The van der Waals surface area contributed by atoms with Gasteiger partial charge in [0, 0.05) is 18.5 Å². The van der Waals surface area contributed by atoms with Crippen molar-refractivity contribution in [2.75, 3.05) is 25.0 Å². The minimum atomic E-state index is -0.327. The van der Waals surface area contributed by atoms with E-state index in [9.17, 15) is 9.18 Å². The summed E-state index contributed by atoms with van der Waals surface area (Å²) in [5.41, 5.74) is 0.562. The Morgan fingerprint density at radius 2 is 1.96 bits per heavy atom. The number of halogens is 1. The molecule has 1 aromatic heterocycles. The van der Waals surface area contributed by atoms with Crippen molar-refractivity contribution >= 4 is 11.7 Å². The van der Waals surface area contributed by atoms with Gasteiger partial charge < -0.3 is 20.0 Å². The molecular weight excluding hydrogens is 297 g/mol. The van der Waals surface area contributed by atoms with E-state index in [-0.39, 0.29) is 17.9 Å². The third-order valence-corrected chi connectivity index (χ3v) is 4.19. The fraction of sp³-hybridized carbons (Fsp3) is 0.353. The molecule has 2 heterocycles. The highest BCUT2D eigenvalue weighted by Gasteiger charge is 2.29. The summed E-state index contributed by atoms with van der Waals surface area (Å²) < 4.78 is 18.4. The zero-order valence-electron chi connectivity index (χ0n) is 12.8. The molecule has 0 aliphatic carbocycles. The van der Waals surface area contributed by atoms with Gasteiger partial charge in [0.05, 0.1) is 25.9 Å². The number of likely N-dealkylation sites (tertiary alicyclic amines) is 1. The van der Waals surface area contributed by atoms with Crippen LogP contribution in [0.15, 0.2) is 47.1 Å². The molecule has 1 saturated heterocycles. The standard InChI is InChI=1S/C17H20FN3O2/c18-13-5-7-14(8-6-13)20-17(22)19-12-15(16-4-3-11-23-16)21-9-1-2-10-21/h3-8,11,15H,1-2,9-10,12H2,(H2,19,20,22)/p+1/t15-/m0/s1. The zero-order valence-corrected chi connectivity index (χ0v) is 12.8. The van der Waals surface area contributed by atoms with Gasteiger partial charge >= 0.3 is 6.03 Å². The number of quaternary nitrogens is 1. The summed E-state index contributed by atoms with van der Waals surface area (Å²) in [7, 11) is 0. The maximum atomic E-state index is 12.9. The Morgan fingerprint density at radius 3 is 2.61 bits per heavy atom. The Bertz CT molecular complexity index is 622. The van der Waals surface area contributed by atoms with Crippen LogP contribution < -0.4 is 15.5 Å². The molecule has 1 aliphatic rings. The van der Waals surface area contributed by atoms with Crippen LogP contribution >= 0.6 is 0 Å². The molecular formula is C17H21FN3O2+. The van der Waals surface area contributed by atoms with Crippen LogP contribution in [-0.2, 0) is 0 Å². The van der Waals surface area contributed by atoms with E-state index < -0.39 is 0 Å². The first-order chi connectivity index (χ1) is 11.2. The fourth-order valence-corrected chi connectivity index (χ4v) is 3.02. The number of amides is 2. The van der Waals surface area contributed by atoms with Crippen LogP contribution in [0.3, 0.4) is 0 Å². The Labute approximate surface area is 134 Å². The second kappa shape index (κ2) is 7.28. The molecule has 1 fully saturated rings. The maximum Gasteiger partial charge on any atom is 0.319 e. The molecule has 3 rings (SSSR count). The van der Waals surface area contributed by atoms with Crippen molar-refractivity contribution in [3.8, 4) is 0 Å². The second-order valence-corrected chi connectivity index (χ2v) is 5.78. The van der Waals surface area contributed by atoms with E-state index in [0.29, 0.717) is 12.2 Å². The molecule has 122 valence electrons. The number of anilines is 1. The van der Waals surface area contributed by atoms with Gasteiger partial charge in [-0.3, -0.25) is 0 Å². The van der Waals surface area contributed by atoms with Gasteiger partial charge in [-0.05, 0) is 36.4 Å². The SMILES string of the molecule is O=C(NC[C@@H](c1ccco1)[NH+]1CCCC1)Nc1ccc(F)cc1. The molecule has 0 bridgehead atoms. The molecule has 1 atom stereocenters. The number of carbonyl (C=O) groups is 1. The topological polar surface area (TPSA) is 58.7 Å². The Morgan fingerprint density at radius 1 is 1.22 bits per heavy atom. The van der Waals surface area contributed by atoms with Crippen molar-refractivity contribution in [2.45, 2.75) is 18.9 Å². The summed E-state index contributed by atoms with van der Waals surface area (Å²) in [5.74, 6) is 0.565. The number of hydrogen-bond acceptors (Lipinski definition) is 2.